The highest BCUT2D eigenvalue weighted by atomic mass is 19.1. The lowest BCUT2D eigenvalue weighted by atomic mass is 10.2. The van der Waals surface area contributed by atoms with Crippen LogP contribution in [0.4, 0.5) is 10.2 Å². The van der Waals surface area contributed by atoms with Gasteiger partial charge in [0, 0.05) is 37.3 Å². The van der Waals surface area contributed by atoms with E-state index in [0.29, 0.717) is 11.6 Å². The number of halogens is 1. The number of hydrogen-bond donors (Lipinski definition) is 2. The highest BCUT2D eigenvalue weighted by Crippen LogP contribution is 2.20. The summed E-state index contributed by atoms with van der Waals surface area (Å²) in [7, 11) is 0. The van der Waals surface area contributed by atoms with E-state index < -0.39 is 5.91 Å². The van der Waals surface area contributed by atoms with E-state index in [4.69, 9.17) is 10.5 Å². The fourth-order valence-electron chi connectivity index (χ4n) is 2.02. The highest BCUT2D eigenvalue weighted by Gasteiger charge is 2.11. The van der Waals surface area contributed by atoms with E-state index in [0.717, 1.165) is 5.56 Å². The Bertz CT molecular complexity index is 886. The molecule has 126 valence electrons. The van der Waals surface area contributed by atoms with Gasteiger partial charge < -0.3 is 15.8 Å². The van der Waals surface area contributed by atoms with Crippen molar-refractivity contribution in [3.8, 4) is 11.6 Å². The summed E-state index contributed by atoms with van der Waals surface area (Å²) in [6.07, 6.45) is 4.35. The van der Waals surface area contributed by atoms with Gasteiger partial charge >= 0.3 is 0 Å². The van der Waals surface area contributed by atoms with Crippen LogP contribution in [-0.4, -0.2) is 20.9 Å². The molecule has 0 spiro atoms. The van der Waals surface area contributed by atoms with Gasteiger partial charge in [-0.2, -0.15) is 0 Å². The maximum Gasteiger partial charge on any atom is 0.273 e. The van der Waals surface area contributed by atoms with E-state index in [1.165, 1.54) is 24.5 Å². The summed E-state index contributed by atoms with van der Waals surface area (Å²) in [6.45, 7) is 0.238. The smallest absolute Gasteiger partial charge is 0.273 e. The highest BCUT2D eigenvalue weighted by molar-refractivity contribution is 5.96. The normalized spacial score (nSPS) is 10.3. The maximum atomic E-state index is 13.1. The number of nitrogens with two attached hydrogens (primary N) is 1. The first kappa shape index (κ1) is 16.3. The molecule has 0 unspecified atom stereocenters. The van der Waals surface area contributed by atoms with Crippen molar-refractivity contribution >= 4 is 11.7 Å². The Labute approximate surface area is 142 Å². The summed E-state index contributed by atoms with van der Waals surface area (Å²) in [5, 5.41) is 2.68. The van der Waals surface area contributed by atoms with Gasteiger partial charge in [-0.1, -0.05) is 12.1 Å². The number of rotatable bonds is 5. The van der Waals surface area contributed by atoms with Gasteiger partial charge in [0.2, 0.25) is 5.88 Å². The summed E-state index contributed by atoms with van der Waals surface area (Å²) in [4.78, 5) is 23.8. The number of hydrogen-bond acceptors (Lipinski definition) is 6. The van der Waals surface area contributed by atoms with Crippen LogP contribution in [0.3, 0.4) is 0 Å². The maximum absolute atomic E-state index is 13.1. The Morgan fingerprint density at radius 1 is 1.16 bits per heavy atom. The minimum Gasteiger partial charge on any atom is -0.439 e. The van der Waals surface area contributed by atoms with Crippen molar-refractivity contribution < 1.29 is 13.9 Å². The van der Waals surface area contributed by atoms with E-state index in [1.54, 1.807) is 30.5 Å². The van der Waals surface area contributed by atoms with Crippen LogP contribution in [0.25, 0.3) is 0 Å². The first-order chi connectivity index (χ1) is 12.1. The van der Waals surface area contributed by atoms with Crippen molar-refractivity contribution in [3.05, 3.63) is 72.1 Å². The molecule has 0 aliphatic rings. The number of amides is 1. The lowest BCUT2D eigenvalue weighted by Crippen LogP contribution is -2.25. The number of aromatic nitrogens is 3. The van der Waals surface area contributed by atoms with Crippen LogP contribution in [0.5, 0.6) is 11.6 Å². The van der Waals surface area contributed by atoms with Gasteiger partial charge in [-0.25, -0.2) is 19.3 Å². The molecule has 3 rings (SSSR count). The second kappa shape index (κ2) is 7.35. The van der Waals surface area contributed by atoms with Crippen molar-refractivity contribution in [2.24, 2.45) is 0 Å². The molecule has 0 fully saturated rings. The van der Waals surface area contributed by atoms with E-state index in [2.05, 4.69) is 20.3 Å². The predicted octanol–water partition coefficient (Wildman–Crippen LogP) is 2.32. The molecule has 0 radical (unpaired) electrons. The quantitative estimate of drug-likeness (QED) is 0.739. The third-order valence-electron chi connectivity index (χ3n) is 3.21. The van der Waals surface area contributed by atoms with Gasteiger partial charge in [-0.05, 0) is 17.7 Å². The third kappa shape index (κ3) is 4.25. The Hall–Kier alpha value is -3.55. The molecule has 3 aromatic rings. The average Bonchev–Trinajstić information content (AvgIpc) is 2.61. The largest absolute Gasteiger partial charge is 0.439 e. The number of benzene rings is 1. The average molecular weight is 339 g/mol. The fourth-order valence-corrected chi connectivity index (χ4v) is 2.02. The monoisotopic (exact) mass is 339 g/mol. The summed E-state index contributed by atoms with van der Waals surface area (Å²) >= 11 is 0. The molecule has 0 saturated heterocycles. The number of anilines is 1. The van der Waals surface area contributed by atoms with E-state index in [1.807, 2.05) is 0 Å². The number of carbonyl (C=O) groups is 1. The van der Waals surface area contributed by atoms with Gasteiger partial charge in [0.25, 0.3) is 5.91 Å². The number of nitrogens with zero attached hydrogens (tertiary/aromatic N) is 3. The molecule has 25 heavy (non-hydrogen) atoms. The molecule has 2 heterocycles. The van der Waals surface area contributed by atoms with Crippen molar-refractivity contribution in [2.45, 2.75) is 6.54 Å². The zero-order valence-corrected chi connectivity index (χ0v) is 13.0. The van der Waals surface area contributed by atoms with Crippen LogP contribution in [0.1, 0.15) is 16.1 Å². The Kier molecular flexibility index (Phi) is 4.79. The lowest BCUT2D eigenvalue weighted by molar-refractivity contribution is 0.0946. The molecular weight excluding hydrogens is 325 g/mol. The second-order valence-corrected chi connectivity index (χ2v) is 5.04. The van der Waals surface area contributed by atoms with E-state index in [-0.39, 0.29) is 23.9 Å². The summed E-state index contributed by atoms with van der Waals surface area (Å²) in [5.41, 5.74) is 6.43. The number of ether oxygens (including phenoxy) is 1. The molecule has 2 aromatic heterocycles. The first-order valence-corrected chi connectivity index (χ1v) is 7.35. The molecule has 1 aromatic carbocycles. The third-order valence-corrected chi connectivity index (χ3v) is 3.21. The van der Waals surface area contributed by atoms with Crippen LogP contribution in [-0.2, 0) is 6.54 Å². The van der Waals surface area contributed by atoms with Gasteiger partial charge in [-0.15, -0.1) is 0 Å². The van der Waals surface area contributed by atoms with Crippen molar-refractivity contribution in [2.75, 3.05) is 5.73 Å². The van der Waals surface area contributed by atoms with Crippen LogP contribution < -0.4 is 15.8 Å². The fraction of sp³-hybridized carbons (Fsp3) is 0.0588. The molecule has 0 bridgehead atoms. The molecule has 0 aliphatic heterocycles. The molecule has 8 heteroatoms. The minimum absolute atomic E-state index is 0.0666. The van der Waals surface area contributed by atoms with Crippen LogP contribution >= 0.6 is 0 Å². The van der Waals surface area contributed by atoms with Crippen LogP contribution in [0, 0.1) is 5.82 Å². The van der Waals surface area contributed by atoms with Crippen LogP contribution in [0.15, 0.2) is 55.0 Å². The predicted molar refractivity (Wildman–Crippen MR) is 88.3 cm³/mol. The Morgan fingerprint density at radius 2 is 2.00 bits per heavy atom. The van der Waals surface area contributed by atoms with Gasteiger partial charge in [-0.3, -0.25) is 4.79 Å². The van der Waals surface area contributed by atoms with Gasteiger partial charge in [0.05, 0.1) is 0 Å². The first-order valence-electron chi connectivity index (χ1n) is 7.35. The van der Waals surface area contributed by atoms with Crippen molar-refractivity contribution in [3.63, 3.8) is 0 Å². The molecular formula is C17H14FN5O2. The summed E-state index contributed by atoms with van der Waals surface area (Å²) in [5.74, 6) is -0.0757. The van der Waals surface area contributed by atoms with Gasteiger partial charge in [0.1, 0.15) is 11.6 Å². The number of pyridine rings is 1. The minimum atomic E-state index is -0.425. The van der Waals surface area contributed by atoms with Crippen molar-refractivity contribution in [1.82, 2.24) is 20.3 Å². The zero-order chi connectivity index (χ0) is 17.6. The molecule has 1 amide bonds. The number of nitrogens with one attached hydrogen (secondary N) is 1. The van der Waals surface area contributed by atoms with Gasteiger partial charge in [0.15, 0.2) is 11.5 Å². The Morgan fingerprint density at radius 3 is 2.72 bits per heavy atom. The van der Waals surface area contributed by atoms with Crippen molar-refractivity contribution in [1.29, 1.82) is 0 Å². The standard InChI is InChI=1S/C17H14FN5O2/c18-12-2-1-3-13(8-12)25-14-5-4-11(9-22-14)10-23-17(24)15-16(19)21-7-6-20-15/h1-9H,10H2,(H2,19,21)(H,23,24). The molecule has 0 aliphatic carbocycles. The molecule has 0 saturated carbocycles. The number of nitrogen functional groups attached to an aromatic ring is 1. The molecule has 3 N–H and O–H groups in total. The van der Waals surface area contributed by atoms with E-state index in [9.17, 15) is 9.18 Å². The molecule has 0 atom stereocenters. The molecule has 7 nitrogen and oxygen atoms in total. The second-order valence-electron chi connectivity index (χ2n) is 5.04. The SMILES string of the molecule is Nc1nccnc1C(=O)NCc1ccc(Oc2cccc(F)c2)nc1. The topological polar surface area (TPSA) is 103 Å². The van der Waals surface area contributed by atoms with Crippen LogP contribution in [0.2, 0.25) is 0 Å². The number of carbonyl (C=O) groups excluding carboxylic acids is 1. The zero-order valence-electron chi connectivity index (χ0n) is 13.0. The van der Waals surface area contributed by atoms with E-state index >= 15 is 0 Å². The summed E-state index contributed by atoms with van der Waals surface area (Å²) in [6, 6.07) is 9.14. The summed E-state index contributed by atoms with van der Waals surface area (Å²) < 4.78 is 18.6. The lowest BCUT2D eigenvalue weighted by Gasteiger charge is -2.07. The Balaban J connectivity index is 1.59.